The molecule has 172 valence electrons. The van der Waals surface area contributed by atoms with Crippen LogP contribution in [-0.2, 0) is 11.2 Å². The molecule has 2 atom stereocenters. The first kappa shape index (κ1) is 21.7. The van der Waals surface area contributed by atoms with Crippen molar-refractivity contribution in [1.29, 1.82) is 0 Å². The Kier molecular flexibility index (Phi) is 6.25. The number of benzene rings is 3. The highest BCUT2D eigenvalue weighted by molar-refractivity contribution is 5.89. The van der Waals surface area contributed by atoms with E-state index in [0.29, 0.717) is 24.7 Å². The number of carbonyl (C=O) groups excluding carboxylic acids is 1. The molecule has 7 heteroatoms. The summed E-state index contributed by atoms with van der Waals surface area (Å²) in [6.45, 7) is 0. The third-order valence-electron chi connectivity index (χ3n) is 6.13. The van der Waals surface area contributed by atoms with Gasteiger partial charge in [0.05, 0.1) is 19.2 Å². The molecule has 0 radical (unpaired) electrons. The lowest BCUT2D eigenvalue weighted by molar-refractivity contribution is -0.116. The van der Waals surface area contributed by atoms with Crippen molar-refractivity contribution in [3.63, 3.8) is 0 Å². The smallest absolute Gasteiger partial charge is 0.250 e. The zero-order chi connectivity index (χ0) is 23.3. The van der Waals surface area contributed by atoms with Crippen molar-refractivity contribution in [3.8, 4) is 5.75 Å². The van der Waals surface area contributed by atoms with Crippen LogP contribution in [0.4, 0.5) is 11.9 Å². The van der Waals surface area contributed by atoms with Gasteiger partial charge in [-0.05, 0) is 41.7 Å². The van der Waals surface area contributed by atoms with E-state index in [-0.39, 0.29) is 18.0 Å². The molecule has 34 heavy (non-hydrogen) atoms. The molecule has 1 aromatic heterocycles. The van der Waals surface area contributed by atoms with Crippen LogP contribution in [0.1, 0.15) is 41.6 Å². The van der Waals surface area contributed by atoms with Crippen molar-refractivity contribution >= 4 is 17.8 Å². The predicted molar refractivity (Wildman–Crippen MR) is 132 cm³/mol. The fraction of sp³-hybridized carbons (Fsp3) is 0.222. The summed E-state index contributed by atoms with van der Waals surface area (Å²) in [4.78, 5) is 17.2. The van der Waals surface area contributed by atoms with Crippen molar-refractivity contribution in [3.05, 3.63) is 102 Å². The normalized spacial score (nSPS) is 16.9. The molecule has 0 spiro atoms. The molecule has 1 aliphatic heterocycles. The van der Waals surface area contributed by atoms with Crippen LogP contribution in [0.15, 0.2) is 84.9 Å². The number of carbonyl (C=O) groups is 1. The van der Waals surface area contributed by atoms with Gasteiger partial charge in [-0.15, -0.1) is 5.10 Å². The van der Waals surface area contributed by atoms with E-state index in [1.54, 1.807) is 7.11 Å². The molecule has 0 bridgehead atoms. The van der Waals surface area contributed by atoms with E-state index in [2.05, 4.69) is 45.0 Å². The van der Waals surface area contributed by atoms with Gasteiger partial charge < -0.3 is 10.1 Å². The number of aromatic nitrogens is 3. The van der Waals surface area contributed by atoms with Gasteiger partial charge in [0.25, 0.3) is 5.95 Å². The average molecular weight is 454 g/mol. The second-order valence-corrected chi connectivity index (χ2v) is 8.37. The van der Waals surface area contributed by atoms with Crippen LogP contribution in [0.5, 0.6) is 5.75 Å². The van der Waals surface area contributed by atoms with Crippen molar-refractivity contribution < 1.29 is 9.53 Å². The summed E-state index contributed by atoms with van der Waals surface area (Å²) in [5.41, 5.74) is 3.42. The maximum atomic E-state index is 12.6. The van der Waals surface area contributed by atoms with Crippen molar-refractivity contribution in [2.45, 2.75) is 31.3 Å². The summed E-state index contributed by atoms with van der Waals surface area (Å²) in [5.74, 6) is 1.67. The Bertz CT molecular complexity index is 1240. The van der Waals surface area contributed by atoms with E-state index in [1.165, 1.54) is 0 Å². The largest absolute Gasteiger partial charge is 0.497 e. The zero-order valence-corrected chi connectivity index (χ0v) is 19.0. The van der Waals surface area contributed by atoms with Gasteiger partial charge >= 0.3 is 0 Å². The minimum atomic E-state index is -0.102. The Morgan fingerprint density at radius 3 is 2.41 bits per heavy atom. The summed E-state index contributed by atoms with van der Waals surface area (Å²) >= 11 is 0. The molecule has 7 nitrogen and oxygen atoms in total. The molecule has 3 aromatic carbocycles. The molecule has 1 amide bonds. The average Bonchev–Trinajstić information content (AvgIpc) is 3.30. The fourth-order valence-corrected chi connectivity index (χ4v) is 4.33. The fourth-order valence-electron chi connectivity index (χ4n) is 4.33. The van der Waals surface area contributed by atoms with Gasteiger partial charge in [-0.3, -0.25) is 10.1 Å². The van der Waals surface area contributed by atoms with Crippen LogP contribution in [0.3, 0.4) is 0 Å². The van der Waals surface area contributed by atoms with Gasteiger partial charge in [-0.25, -0.2) is 4.68 Å². The van der Waals surface area contributed by atoms with Crippen LogP contribution in [-0.4, -0.2) is 27.8 Å². The molecule has 0 saturated carbocycles. The number of nitrogens with one attached hydrogen (secondary N) is 2. The lowest BCUT2D eigenvalue weighted by atomic mass is 9.93. The van der Waals surface area contributed by atoms with Gasteiger partial charge in [-0.1, -0.05) is 72.8 Å². The molecule has 4 aromatic rings. The van der Waals surface area contributed by atoms with Crippen LogP contribution < -0.4 is 15.4 Å². The highest BCUT2D eigenvalue weighted by Gasteiger charge is 2.31. The van der Waals surface area contributed by atoms with Crippen LogP contribution in [0.25, 0.3) is 0 Å². The highest BCUT2D eigenvalue weighted by atomic mass is 16.5. The number of nitrogens with zero attached hydrogens (tertiary/aromatic N) is 3. The van der Waals surface area contributed by atoms with Crippen LogP contribution in [0, 0.1) is 0 Å². The molecule has 0 aliphatic carbocycles. The Balaban J connectivity index is 1.37. The maximum Gasteiger partial charge on any atom is 0.250 e. The number of anilines is 2. The van der Waals surface area contributed by atoms with E-state index in [9.17, 15) is 4.79 Å². The van der Waals surface area contributed by atoms with Crippen LogP contribution in [0.2, 0.25) is 0 Å². The summed E-state index contributed by atoms with van der Waals surface area (Å²) in [6.07, 6.45) is 1.84. The molecule has 5 rings (SSSR count). The molecule has 2 N–H and O–H groups in total. The molecule has 0 unspecified atom stereocenters. The van der Waals surface area contributed by atoms with E-state index in [4.69, 9.17) is 4.74 Å². The van der Waals surface area contributed by atoms with Gasteiger partial charge in [0.2, 0.25) is 11.9 Å². The standard InChI is InChI=1S/C27H27N5O2/c1-34-22-15-13-20(14-16-22)23-18-24(21-10-6-3-7-11-21)32-27(28-23)30-26(31-32)29-25(33)17-12-19-8-4-2-5-9-19/h2-11,13-16,23-24H,12,17-18H2,1H3,(H2,28,29,30,31,33)/t23-,24-/m1/s1. The number of rotatable bonds is 7. The number of hydrogen-bond acceptors (Lipinski definition) is 5. The molecule has 0 fully saturated rings. The van der Waals surface area contributed by atoms with E-state index >= 15 is 0 Å². The summed E-state index contributed by atoms with van der Waals surface area (Å²) < 4.78 is 7.18. The number of methoxy groups -OCH3 is 1. The Hall–Kier alpha value is -4.13. The van der Waals surface area contributed by atoms with E-state index in [0.717, 1.165) is 28.9 Å². The van der Waals surface area contributed by atoms with Gasteiger partial charge in [0.15, 0.2) is 0 Å². The third kappa shape index (κ3) is 4.78. The molecular formula is C27H27N5O2. The molecule has 1 aliphatic rings. The van der Waals surface area contributed by atoms with Crippen molar-refractivity contribution in [1.82, 2.24) is 14.8 Å². The number of amides is 1. The monoisotopic (exact) mass is 453 g/mol. The molecule has 0 saturated heterocycles. The topological polar surface area (TPSA) is 81.1 Å². The first-order valence-corrected chi connectivity index (χ1v) is 11.5. The Labute approximate surface area is 198 Å². The van der Waals surface area contributed by atoms with Gasteiger partial charge in [0.1, 0.15) is 5.75 Å². The number of aryl methyl sites for hydroxylation is 1. The zero-order valence-electron chi connectivity index (χ0n) is 19.0. The minimum Gasteiger partial charge on any atom is -0.497 e. The summed E-state index contributed by atoms with van der Waals surface area (Å²) in [6, 6.07) is 28.3. The quantitative estimate of drug-likeness (QED) is 0.411. The first-order chi connectivity index (χ1) is 16.7. The second kappa shape index (κ2) is 9.79. The number of hydrogen-bond donors (Lipinski definition) is 2. The van der Waals surface area contributed by atoms with E-state index in [1.807, 2.05) is 65.3 Å². The minimum absolute atomic E-state index is 0.00739. The molecule has 2 heterocycles. The predicted octanol–water partition coefficient (Wildman–Crippen LogP) is 5.00. The van der Waals surface area contributed by atoms with E-state index < -0.39 is 0 Å². The van der Waals surface area contributed by atoms with Gasteiger partial charge in [-0.2, -0.15) is 4.98 Å². The number of fused-ring (bicyclic) bond motifs is 1. The Morgan fingerprint density at radius 2 is 1.71 bits per heavy atom. The van der Waals surface area contributed by atoms with Crippen LogP contribution >= 0.6 is 0 Å². The number of ether oxygens (including phenoxy) is 1. The van der Waals surface area contributed by atoms with Gasteiger partial charge in [0, 0.05) is 6.42 Å². The SMILES string of the molecule is COc1ccc([C@H]2C[C@H](c3ccccc3)n3nc(NC(=O)CCc4ccccc4)nc3N2)cc1. The van der Waals surface area contributed by atoms with Crippen molar-refractivity contribution in [2.24, 2.45) is 0 Å². The summed E-state index contributed by atoms with van der Waals surface area (Å²) in [7, 11) is 1.66. The Morgan fingerprint density at radius 1 is 1.00 bits per heavy atom. The maximum absolute atomic E-state index is 12.6. The highest BCUT2D eigenvalue weighted by Crippen LogP contribution is 2.38. The van der Waals surface area contributed by atoms with Crippen molar-refractivity contribution in [2.75, 3.05) is 17.7 Å². The second-order valence-electron chi connectivity index (χ2n) is 8.37. The third-order valence-corrected chi connectivity index (χ3v) is 6.13. The summed E-state index contributed by atoms with van der Waals surface area (Å²) in [5, 5.41) is 11.0. The lowest BCUT2D eigenvalue weighted by Crippen LogP contribution is -2.28. The lowest BCUT2D eigenvalue weighted by Gasteiger charge is -2.31. The molecular weight excluding hydrogens is 426 g/mol. The first-order valence-electron chi connectivity index (χ1n) is 11.5.